The second kappa shape index (κ2) is 3.75. The summed E-state index contributed by atoms with van der Waals surface area (Å²) in [6.07, 6.45) is 1.04. The maximum atomic E-state index is 9.47. The average Bonchev–Trinajstić information content (AvgIpc) is 2.44. The van der Waals surface area contributed by atoms with Gasteiger partial charge in [0.25, 0.3) is 0 Å². The zero-order valence-electron chi connectivity index (χ0n) is 9.73. The normalized spacial score (nSPS) is 13.2. The Kier molecular flexibility index (Phi) is 2.55. The van der Waals surface area contributed by atoms with E-state index in [2.05, 4.69) is 9.97 Å². The molecule has 2 aromatic rings. The van der Waals surface area contributed by atoms with Crippen LogP contribution in [0.3, 0.4) is 0 Å². The second-order valence-electron chi connectivity index (χ2n) is 4.13. The molecule has 0 aliphatic rings. The van der Waals surface area contributed by atoms with Crippen molar-refractivity contribution in [3.63, 3.8) is 0 Å². The molecule has 0 amide bonds. The Morgan fingerprint density at radius 1 is 1.44 bits per heavy atom. The molecule has 3 N–H and O–H groups in total. The van der Waals surface area contributed by atoms with Gasteiger partial charge in [0, 0.05) is 12.2 Å². The first kappa shape index (κ1) is 10.9. The fraction of sp³-hybridized carbons (Fsp3) is 0.455. The molecule has 0 saturated carbocycles. The van der Waals surface area contributed by atoms with Crippen LogP contribution in [-0.4, -0.2) is 25.7 Å². The summed E-state index contributed by atoms with van der Waals surface area (Å²) in [5, 5.41) is 10.4. The van der Waals surface area contributed by atoms with Crippen LogP contribution in [0, 0.1) is 13.8 Å². The molecule has 0 aliphatic carbocycles. The fourth-order valence-electron chi connectivity index (χ4n) is 1.98. The van der Waals surface area contributed by atoms with Crippen LogP contribution in [0.25, 0.3) is 11.0 Å². The quantitative estimate of drug-likeness (QED) is 0.792. The van der Waals surface area contributed by atoms with E-state index in [1.54, 1.807) is 6.92 Å². The van der Waals surface area contributed by atoms with Crippen molar-refractivity contribution in [1.82, 2.24) is 14.5 Å². The lowest BCUT2D eigenvalue weighted by atomic mass is 10.2. The topological polar surface area (TPSA) is 77.0 Å². The van der Waals surface area contributed by atoms with Crippen molar-refractivity contribution >= 4 is 16.9 Å². The molecular weight excluding hydrogens is 204 g/mol. The highest BCUT2D eigenvalue weighted by atomic mass is 16.3. The van der Waals surface area contributed by atoms with E-state index in [0.717, 1.165) is 22.3 Å². The summed E-state index contributed by atoms with van der Waals surface area (Å²) in [7, 11) is 0. The zero-order valence-corrected chi connectivity index (χ0v) is 9.73. The van der Waals surface area contributed by atoms with Gasteiger partial charge in [0.15, 0.2) is 0 Å². The van der Waals surface area contributed by atoms with Crippen LogP contribution in [0.5, 0.6) is 0 Å². The number of anilines is 1. The number of hydrogen-bond acceptors (Lipinski definition) is 4. The third-order valence-corrected chi connectivity index (χ3v) is 2.88. The summed E-state index contributed by atoms with van der Waals surface area (Å²) in [6.45, 7) is 6.27. The number of aryl methyl sites for hydroxylation is 1. The van der Waals surface area contributed by atoms with Crippen molar-refractivity contribution in [2.24, 2.45) is 0 Å². The standard InChI is InChI=1S/C11H16N4O/c1-6(16)4-15-8(3)7(2)9-10(12)13-5-14-11(9)15/h5-6,16H,4H2,1-3H3,(H2,12,13,14). The molecule has 2 rings (SSSR count). The molecule has 1 atom stereocenters. The van der Waals surface area contributed by atoms with E-state index in [1.807, 2.05) is 18.4 Å². The van der Waals surface area contributed by atoms with E-state index in [-0.39, 0.29) is 0 Å². The van der Waals surface area contributed by atoms with Gasteiger partial charge in [-0.15, -0.1) is 0 Å². The van der Waals surface area contributed by atoms with Gasteiger partial charge >= 0.3 is 0 Å². The minimum atomic E-state index is -0.412. The van der Waals surface area contributed by atoms with Gasteiger partial charge in [-0.3, -0.25) is 0 Å². The van der Waals surface area contributed by atoms with Gasteiger partial charge in [-0.2, -0.15) is 0 Å². The van der Waals surface area contributed by atoms with Gasteiger partial charge < -0.3 is 15.4 Å². The molecule has 0 spiro atoms. The Bertz CT molecular complexity index is 530. The lowest BCUT2D eigenvalue weighted by Crippen LogP contribution is -2.13. The molecule has 0 fully saturated rings. The number of rotatable bonds is 2. The summed E-state index contributed by atoms with van der Waals surface area (Å²) < 4.78 is 1.98. The van der Waals surface area contributed by atoms with E-state index >= 15 is 0 Å². The van der Waals surface area contributed by atoms with E-state index in [1.165, 1.54) is 6.33 Å². The summed E-state index contributed by atoms with van der Waals surface area (Å²) in [5.41, 5.74) is 8.79. The maximum Gasteiger partial charge on any atom is 0.146 e. The van der Waals surface area contributed by atoms with Crippen LogP contribution in [-0.2, 0) is 6.54 Å². The van der Waals surface area contributed by atoms with Crippen molar-refractivity contribution in [2.45, 2.75) is 33.4 Å². The molecule has 86 valence electrons. The number of nitrogen functional groups attached to an aromatic ring is 1. The first-order valence-corrected chi connectivity index (χ1v) is 5.26. The minimum Gasteiger partial charge on any atom is -0.392 e. The summed E-state index contributed by atoms with van der Waals surface area (Å²) in [4.78, 5) is 8.23. The van der Waals surface area contributed by atoms with Crippen molar-refractivity contribution in [2.75, 3.05) is 5.73 Å². The number of aromatic nitrogens is 3. The van der Waals surface area contributed by atoms with Crippen molar-refractivity contribution < 1.29 is 5.11 Å². The van der Waals surface area contributed by atoms with Gasteiger partial charge in [0.2, 0.25) is 0 Å². The van der Waals surface area contributed by atoms with E-state index < -0.39 is 6.10 Å². The van der Waals surface area contributed by atoms with Gasteiger partial charge in [-0.25, -0.2) is 9.97 Å². The fourth-order valence-corrected chi connectivity index (χ4v) is 1.98. The summed E-state index contributed by atoms with van der Waals surface area (Å²) in [5.74, 6) is 0.495. The molecule has 5 nitrogen and oxygen atoms in total. The molecule has 0 saturated heterocycles. The van der Waals surface area contributed by atoms with Gasteiger partial charge in [0.1, 0.15) is 17.8 Å². The lowest BCUT2D eigenvalue weighted by molar-refractivity contribution is 0.174. The van der Waals surface area contributed by atoms with Crippen molar-refractivity contribution in [3.05, 3.63) is 17.6 Å². The second-order valence-corrected chi connectivity index (χ2v) is 4.13. The van der Waals surface area contributed by atoms with E-state index in [0.29, 0.717) is 12.4 Å². The zero-order chi connectivity index (χ0) is 11.9. The van der Waals surface area contributed by atoms with Crippen LogP contribution in [0.1, 0.15) is 18.2 Å². The third-order valence-electron chi connectivity index (χ3n) is 2.88. The third kappa shape index (κ3) is 1.53. The van der Waals surface area contributed by atoms with Gasteiger partial charge in [-0.05, 0) is 26.3 Å². The van der Waals surface area contributed by atoms with Crippen molar-refractivity contribution in [1.29, 1.82) is 0 Å². The predicted molar refractivity (Wildman–Crippen MR) is 63.1 cm³/mol. The molecule has 0 radical (unpaired) electrons. The maximum absolute atomic E-state index is 9.47. The molecule has 1 unspecified atom stereocenters. The minimum absolute atomic E-state index is 0.412. The van der Waals surface area contributed by atoms with Crippen molar-refractivity contribution in [3.8, 4) is 0 Å². The SMILES string of the molecule is Cc1c(C)n(CC(C)O)c2ncnc(N)c12. The number of nitrogens with zero attached hydrogens (tertiary/aromatic N) is 3. The first-order valence-electron chi connectivity index (χ1n) is 5.26. The highest BCUT2D eigenvalue weighted by Crippen LogP contribution is 2.26. The highest BCUT2D eigenvalue weighted by molar-refractivity contribution is 5.90. The molecular formula is C11H16N4O. The number of aliphatic hydroxyl groups is 1. The predicted octanol–water partition coefficient (Wildman–Crippen LogP) is 1.01. The van der Waals surface area contributed by atoms with Crippen LogP contribution in [0.4, 0.5) is 5.82 Å². The number of fused-ring (bicyclic) bond motifs is 1. The Labute approximate surface area is 93.9 Å². The molecule has 5 heteroatoms. The number of hydrogen-bond donors (Lipinski definition) is 2. The van der Waals surface area contributed by atoms with Crippen LogP contribution in [0.2, 0.25) is 0 Å². The Morgan fingerprint density at radius 2 is 2.12 bits per heavy atom. The molecule has 0 aromatic carbocycles. The molecule has 2 heterocycles. The van der Waals surface area contributed by atoms with E-state index in [9.17, 15) is 5.11 Å². The summed E-state index contributed by atoms with van der Waals surface area (Å²) in [6, 6.07) is 0. The monoisotopic (exact) mass is 220 g/mol. The Hall–Kier alpha value is -1.62. The largest absolute Gasteiger partial charge is 0.392 e. The molecule has 0 aliphatic heterocycles. The first-order chi connectivity index (χ1) is 7.52. The molecule has 0 bridgehead atoms. The number of nitrogens with two attached hydrogens (primary N) is 1. The highest BCUT2D eigenvalue weighted by Gasteiger charge is 2.15. The Morgan fingerprint density at radius 3 is 2.75 bits per heavy atom. The summed E-state index contributed by atoms with van der Waals surface area (Å²) >= 11 is 0. The van der Waals surface area contributed by atoms with E-state index in [4.69, 9.17) is 5.73 Å². The molecule has 16 heavy (non-hydrogen) atoms. The van der Waals surface area contributed by atoms with Crippen LogP contribution in [0.15, 0.2) is 6.33 Å². The smallest absolute Gasteiger partial charge is 0.146 e. The van der Waals surface area contributed by atoms with Crippen LogP contribution < -0.4 is 5.73 Å². The lowest BCUT2D eigenvalue weighted by Gasteiger charge is -2.09. The Balaban J connectivity index is 2.74. The number of aliphatic hydroxyl groups excluding tert-OH is 1. The average molecular weight is 220 g/mol. The van der Waals surface area contributed by atoms with Gasteiger partial charge in [0.05, 0.1) is 11.5 Å². The van der Waals surface area contributed by atoms with Gasteiger partial charge in [-0.1, -0.05) is 0 Å². The van der Waals surface area contributed by atoms with Crippen LogP contribution >= 0.6 is 0 Å². The molecule has 2 aromatic heterocycles.